The zero-order chi connectivity index (χ0) is 11.6. The predicted octanol–water partition coefficient (Wildman–Crippen LogP) is 3.15. The summed E-state index contributed by atoms with van der Waals surface area (Å²) in [6.45, 7) is 1.09. The number of ether oxygens (including phenoxy) is 1. The number of halogens is 3. The summed E-state index contributed by atoms with van der Waals surface area (Å²) in [6.07, 6.45) is 1.05. The van der Waals surface area contributed by atoms with Gasteiger partial charge < -0.3 is 4.74 Å². The van der Waals surface area contributed by atoms with Gasteiger partial charge in [-0.05, 0) is 25.0 Å². The van der Waals surface area contributed by atoms with Crippen molar-refractivity contribution in [2.75, 3.05) is 19.1 Å². The van der Waals surface area contributed by atoms with E-state index in [0.717, 1.165) is 6.42 Å². The van der Waals surface area contributed by atoms with Crippen molar-refractivity contribution in [3.8, 4) is 0 Å². The van der Waals surface area contributed by atoms with Crippen molar-refractivity contribution in [3.63, 3.8) is 0 Å². The lowest BCUT2D eigenvalue weighted by Gasteiger charge is -2.24. The van der Waals surface area contributed by atoms with E-state index in [9.17, 15) is 8.78 Å². The Morgan fingerprint density at radius 2 is 2.00 bits per heavy atom. The van der Waals surface area contributed by atoms with Crippen molar-refractivity contribution in [1.82, 2.24) is 0 Å². The molecule has 1 saturated heterocycles. The molecule has 1 aliphatic rings. The maximum Gasteiger partial charge on any atom is 0.129 e. The standard InChI is InChI=1S/C12H13ClF2O/c13-7-12(4-5-16-8-12)6-9-10(14)2-1-3-11(9)15/h1-3H,4-8H2. The zero-order valence-corrected chi connectivity index (χ0v) is 9.57. The molecule has 1 atom stereocenters. The molecule has 16 heavy (non-hydrogen) atoms. The predicted molar refractivity (Wildman–Crippen MR) is 58.7 cm³/mol. The molecule has 1 aliphatic heterocycles. The Morgan fingerprint density at radius 3 is 2.50 bits per heavy atom. The van der Waals surface area contributed by atoms with Gasteiger partial charge >= 0.3 is 0 Å². The minimum Gasteiger partial charge on any atom is -0.381 e. The molecule has 4 heteroatoms. The van der Waals surface area contributed by atoms with E-state index in [0.29, 0.717) is 25.5 Å². The van der Waals surface area contributed by atoms with E-state index in [-0.39, 0.29) is 11.0 Å². The van der Waals surface area contributed by atoms with Crippen LogP contribution in [0.3, 0.4) is 0 Å². The summed E-state index contributed by atoms with van der Waals surface area (Å²) in [5, 5.41) is 0. The SMILES string of the molecule is Fc1cccc(F)c1CC1(CCl)CCOC1. The molecule has 1 nitrogen and oxygen atoms in total. The fourth-order valence-corrected chi connectivity index (χ4v) is 2.32. The van der Waals surface area contributed by atoms with Crippen LogP contribution in [0.25, 0.3) is 0 Å². The van der Waals surface area contributed by atoms with E-state index in [2.05, 4.69) is 0 Å². The lowest BCUT2D eigenvalue weighted by atomic mass is 9.82. The van der Waals surface area contributed by atoms with Crippen molar-refractivity contribution < 1.29 is 13.5 Å². The normalized spacial score (nSPS) is 24.9. The minimum absolute atomic E-state index is 0.119. The molecule has 1 aromatic rings. The van der Waals surface area contributed by atoms with Crippen LogP contribution in [-0.2, 0) is 11.2 Å². The van der Waals surface area contributed by atoms with E-state index in [1.165, 1.54) is 18.2 Å². The van der Waals surface area contributed by atoms with Crippen LogP contribution in [0.4, 0.5) is 8.78 Å². The molecule has 1 heterocycles. The van der Waals surface area contributed by atoms with Gasteiger partial charge in [-0.2, -0.15) is 0 Å². The molecule has 0 saturated carbocycles. The van der Waals surface area contributed by atoms with Crippen molar-refractivity contribution in [3.05, 3.63) is 35.4 Å². The van der Waals surface area contributed by atoms with E-state index in [1.54, 1.807) is 0 Å². The minimum atomic E-state index is -0.503. The second kappa shape index (κ2) is 4.68. The highest BCUT2D eigenvalue weighted by atomic mass is 35.5. The van der Waals surface area contributed by atoms with Crippen molar-refractivity contribution in [2.24, 2.45) is 5.41 Å². The third kappa shape index (κ3) is 2.20. The van der Waals surface area contributed by atoms with Gasteiger partial charge in [0.25, 0.3) is 0 Å². The van der Waals surface area contributed by atoms with Gasteiger partial charge in [-0.1, -0.05) is 6.07 Å². The van der Waals surface area contributed by atoms with Gasteiger partial charge in [0.15, 0.2) is 0 Å². The van der Waals surface area contributed by atoms with Gasteiger partial charge in [0, 0.05) is 23.5 Å². The van der Waals surface area contributed by atoms with E-state index in [1.807, 2.05) is 0 Å². The molecule has 2 rings (SSSR count). The number of hydrogen-bond acceptors (Lipinski definition) is 1. The van der Waals surface area contributed by atoms with Gasteiger partial charge in [-0.25, -0.2) is 8.78 Å². The number of rotatable bonds is 3. The number of alkyl halides is 1. The summed E-state index contributed by atoms with van der Waals surface area (Å²) in [4.78, 5) is 0. The molecule has 1 fully saturated rings. The molecule has 1 aromatic carbocycles. The number of hydrogen-bond donors (Lipinski definition) is 0. The highest BCUT2D eigenvalue weighted by Crippen LogP contribution is 2.35. The molecule has 0 bridgehead atoms. The third-order valence-corrected chi connectivity index (χ3v) is 3.65. The quantitative estimate of drug-likeness (QED) is 0.745. The van der Waals surface area contributed by atoms with Crippen LogP contribution in [0.5, 0.6) is 0 Å². The molecule has 0 aliphatic carbocycles. The summed E-state index contributed by atoms with van der Waals surface area (Å²) < 4.78 is 32.2. The average molecular weight is 247 g/mol. The summed E-state index contributed by atoms with van der Waals surface area (Å²) in [7, 11) is 0. The first-order chi connectivity index (χ1) is 7.67. The van der Waals surface area contributed by atoms with Gasteiger partial charge in [0.05, 0.1) is 6.61 Å². The largest absolute Gasteiger partial charge is 0.381 e. The first-order valence-electron chi connectivity index (χ1n) is 5.23. The smallest absolute Gasteiger partial charge is 0.129 e. The third-order valence-electron chi connectivity index (χ3n) is 3.08. The highest BCUT2D eigenvalue weighted by Gasteiger charge is 2.35. The van der Waals surface area contributed by atoms with Crippen LogP contribution in [0.2, 0.25) is 0 Å². The molecule has 0 amide bonds. The van der Waals surface area contributed by atoms with E-state index in [4.69, 9.17) is 16.3 Å². The molecular formula is C12H13ClF2O. The van der Waals surface area contributed by atoms with Crippen LogP contribution in [-0.4, -0.2) is 19.1 Å². The lowest BCUT2D eigenvalue weighted by Crippen LogP contribution is -2.27. The van der Waals surface area contributed by atoms with Crippen LogP contribution < -0.4 is 0 Å². The van der Waals surface area contributed by atoms with Gasteiger partial charge in [0.1, 0.15) is 11.6 Å². The van der Waals surface area contributed by atoms with Gasteiger partial charge in [0.2, 0.25) is 0 Å². The van der Waals surface area contributed by atoms with Crippen molar-refractivity contribution in [1.29, 1.82) is 0 Å². The molecule has 0 N–H and O–H groups in total. The molecule has 0 spiro atoms. The second-order valence-electron chi connectivity index (χ2n) is 4.31. The molecule has 1 unspecified atom stereocenters. The Morgan fingerprint density at radius 1 is 1.31 bits per heavy atom. The first kappa shape index (κ1) is 11.8. The van der Waals surface area contributed by atoms with Crippen molar-refractivity contribution >= 4 is 11.6 Å². The van der Waals surface area contributed by atoms with Crippen LogP contribution in [0.1, 0.15) is 12.0 Å². The average Bonchev–Trinajstić information content (AvgIpc) is 2.73. The Labute approximate surface area is 98.4 Å². The van der Waals surface area contributed by atoms with Crippen LogP contribution in [0, 0.1) is 17.0 Å². The molecule has 0 radical (unpaired) electrons. The summed E-state index contributed by atoms with van der Waals surface area (Å²) >= 11 is 5.89. The zero-order valence-electron chi connectivity index (χ0n) is 8.81. The van der Waals surface area contributed by atoms with E-state index < -0.39 is 11.6 Å². The summed E-state index contributed by atoms with van der Waals surface area (Å²) in [5.41, 5.74) is -0.196. The Kier molecular flexibility index (Phi) is 3.45. The monoisotopic (exact) mass is 246 g/mol. The Bertz CT molecular complexity index is 355. The van der Waals surface area contributed by atoms with Gasteiger partial charge in [-0.3, -0.25) is 0 Å². The van der Waals surface area contributed by atoms with Crippen LogP contribution in [0.15, 0.2) is 18.2 Å². The van der Waals surface area contributed by atoms with Crippen LogP contribution >= 0.6 is 11.6 Å². The topological polar surface area (TPSA) is 9.23 Å². The lowest BCUT2D eigenvalue weighted by molar-refractivity contribution is 0.160. The second-order valence-corrected chi connectivity index (χ2v) is 4.58. The fourth-order valence-electron chi connectivity index (χ4n) is 2.02. The Hall–Kier alpha value is -0.670. The molecule has 0 aromatic heterocycles. The molecular weight excluding hydrogens is 234 g/mol. The fraction of sp³-hybridized carbons (Fsp3) is 0.500. The maximum absolute atomic E-state index is 13.5. The first-order valence-corrected chi connectivity index (χ1v) is 5.77. The van der Waals surface area contributed by atoms with Crippen molar-refractivity contribution in [2.45, 2.75) is 12.8 Å². The van der Waals surface area contributed by atoms with Gasteiger partial charge in [-0.15, -0.1) is 11.6 Å². The Balaban J connectivity index is 2.25. The molecule has 88 valence electrons. The summed E-state index contributed by atoms with van der Waals surface area (Å²) in [6, 6.07) is 3.92. The maximum atomic E-state index is 13.5. The summed E-state index contributed by atoms with van der Waals surface area (Å²) in [5.74, 6) is -0.645. The van der Waals surface area contributed by atoms with E-state index >= 15 is 0 Å². The number of benzene rings is 1. The highest BCUT2D eigenvalue weighted by molar-refractivity contribution is 6.18.